The third-order valence-corrected chi connectivity index (χ3v) is 2.56. The van der Waals surface area contributed by atoms with E-state index in [2.05, 4.69) is 40.3 Å². The maximum absolute atomic E-state index is 9.13. The fourth-order valence-corrected chi connectivity index (χ4v) is 1.66. The van der Waals surface area contributed by atoms with Gasteiger partial charge in [0.25, 0.3) is 0 Å². The van der Waals surface area contributed by atoms with Crippen molar-refractivity contribution in [3.8, 4) is 0 Å². The quantitative estimate of drug-likeness (QED) is 0.869. The molecule has 2 nitrogen and oxygen atoms in total. The van der Waals surface area contributed by atoms with Gasteiger partial charge in [0, 0.05) is 17.1 Å². The fraction of sp³-hybridized carbons (Fsp3) is 0.455. The van der Waals surface area contributed by atoms with E-state index >= 15 is 0 Å². The SMILES string of the molecule is C[C@@H](O)CN[C@H](C)c1cccc(Br)c1. The lowest BCUT2D eigenvalue weighted by Crippen LogP contribution is -2.27. The molecule has 0 aliphatic rings. The molecule has 0 fully saturated rings. The first kappa shape index (κ1) is 11.7. The van der Waals surface area contributed by atoms with Crippen LogP contribution in [0.3, 0.4) is 0 Å². The minimum atomic E-state index is -0.301. The standard InChI is InChI=1S/C11H16BrNO/c1-8(14)7-13-9(2)10-4-3-5-11(12)6-10/h3-6,8-9,13-14H,7H2,1-2H3/t8-,9-/m1/s1. The van der Waals surface area contributed by atoms with E-state index in [1.807, 2.05) is 12.1 Å². The van der Waals surface area contributed by atoms with Crippen LogP contribution in [0.1, 0.15) is 25.5 Å². The molecule has 0 heterocycles. The van der Waals surface area contributed by atoms with Crippen LogP contribution in [0.15, 0.2) is 28.7 Å². The van der Waals surface area contributed by atoms with E-state index in [9.17, 15) is 0 Å². The molecule has 1 aromatic rings. The normalized spacial score (nSPS) is 15.1. The van der Waals surface area contributed by atoms with Crippen molar-refractivity contribution in [1.82, 2.24) is 5.32 Å². The van der Waals surface area contributed by atoms with E-state index in [4.69, 9.17) is 5.11 Å². The zero-order chi connectivity index (χ0) is 10.6. The van der Waals surface area contributed by atoms with E-state index < -0.39 is 0 Å². The maximum atomic E-state index is 9.13. The molecule has 0 saturated carbocycles. The van der Waals surface area contributed by atoms with Gasteiger partial charge in [-0.25, -0.2) is 0 Å². The van der Waals surface area contributed by atoms with Gasteiger partial charge < -0.3 is 10.4 Å². The molecule has 0 unspecified atom stereocenters. The second-order valence-electron chi connectivity index (χ2n) is 3.53. The Kier molecular flexibility index (Phi) is 4.58. The lowest BCUT2D eigenvalue weighted by atomic mass is 10.1. The number of aliphatic hydroxyl groups is 1. The Bertz CT molecular complexity index is 288. The van der Waals surface area contributed by atoms with E-state index in [0.717, 1.165) is 4.47 Å². The van der Waals surface area contributed by atoms with Crippen LogP contribution in [0.5, 0.6) is 0 Å². The minimum absolute atomic E-state index is 0.266. The van der Waals surface area contributed by atoms with Gasteiger partial charge in [-0.05, 0) is 31.5 Å². The van der Waals surface area contributed by atoms with Crippen molar-refractivity contribution in [2.75, 3.05) is 6.54 Å². The molecule has 78 valence electrons. The Labute approximate surface area is 93.5 Å². The molecule has 14 heavy (non-hydrogen) atoms. The molecule has 0 bridgehead atoms. The molecule has 0 radical (unpaired) electrons. The van der Waals surface area contributed by atoms with Crippen molar-refractivity contribution in [2.24, 2.45) is 0 Å². The topological polar surface area (TPSA) is 32.3 Å². The molecule has 3 heteroatoms. The Hall–Kier alpha value is -0.380. The molecule has 0 aromatic heterocycles. The first-order valence-electron chi connectivity index (χ1n) is 4.76. The summed E-state index contributed by atoms with van der Waals surface area (Å²) in [6.07, 6.45) is -0.301. The smallest absolute Gasteiger partial charge is 0.0636 e. The van der Waals surface area contributed by atoms with Gasteiger partial charge in [0.15, 0.2) is 0 Å². The molecule has 0 saturated heterocycles. The lowest BCUT2D eigenvalue weighted by molar-refractivity contribution is 0.187. The maximum Gasteiger partial charge on any atom is 0.0636 e. The number of rotatable bonds is 4. The second-order valence-corrected chi connectivity index (χ2v) is 4.45. The zero-order valence-electron chi connectivity index (χ0n) is 8.50. The Morgan fingerprint density at radius 3 is 2.71 bits per heavy atom. The molecule has 0 aliphatic heterocycles. The summed E-state index contributed by atoms with van der Waals surface area (Å²) in [7, 11) is 0. The predicted octanol–water partition coefficient (Wildman–Crippen LogP) is 2.48. The highest BCUT2D eigenvalue weighted by atomic mass is 79.9. The van der Waals surface area contributed by atoms with E-state index in [-0.39, 0.29) is 12.1 Å². The van der Waals surface area contributed by atoms with Crippen LogP contribution in [-0.2, 0) is 0 Å². The van der Waals surface area contributed by atoms with Crippen molar-refractivity contribution >= 4 is 15.9 Å². The van der Waals surface area contributed by atoms with Gasteiger partial charge in [-0.3, -0.25) is 0 Å². The van der Waals surface area contributed by atoms with E-state index in [0.29, 0.717) is 6.54 Å². The van der Waals surface area contributed by atoms with Gasteiger partial charge in [-0.15, -0.1) is 0 Å². The molecule has 0 amide bonds. The van der Waals surface area contributed by atoms with Crippen LogP contribution in [0, 0.1) is 0 Å². The van der Waals surface area contributed by atoms with Gasteiger partial charge in [0.2, 0.25) is 0 Å². The van der Waals surface area contributed by atoms with Gasteiger partial charge in [0.1, 0.15) is 0 Å². The number of hydrogen-bond donors (Lipinski definition) is 2. The summed E-state index contributed by atoms with van der Waals surface area (Å²) < 4.78 is 1.08. The molecular weight excluding hydrogens is 242 g/mol. The van der Waals surface area contributed by atoms with Crippen LogP contribution < -0.4 is 5.32 Å². The monoisotopic (exact) mass is 257 g/mol. The number of hydrogen-bond acceptors (Lipinski definition) is 2. The van der Waals surface area contributed by atoms with Crippen molar-refractivity contribution in [1.29, 1.82) is 0 Å². The molecule has 0 aliphatic carbocycles. The Balaban J connectivity index is 2.56. The average Bonchev–Trinajstić information content (AvgIpc) is 2.14. The van der Waals surface area contributed by atoms with E-state index in [1.54, 1.807) is 6.92 Å². The van der Waals surface area contributed by atoms with Gasteiger partial charge in [0.05, 0.1) is 6.10 Å². The third-order valence-electron chi connectivity index (χ3n) is 2.07. The van der Waals surface area contributed by atoms with Crippen molar-refractivity contribution in [3.05, 3.63) is 34.3 Å². The first-order chi connectivity index (χ1) is 6.59. The highest BCUT2D eigenvalue weighted by Gasteiger charge is 2.05. The highest BCUT2D eigenvalue weighted by molar-refractivity contribution is 9.10. The summed E-state index contributed by atoms with van der Waals surface area (Å²) in [6.45, 7) is 4.48. The summed E-state index contributed by atoms with van der Waals surface area (Å²) in [5.41, 5.74) is 1.22. The van der Waals surface area contributed by atoms with Crippen LogP contribution in [-0.4, -0.2) is 17.8 Å². The molecule has 1 rings (SSSR count). The molecule has 0 spiro atoms. The Morgan fingerprint density at radius 2 is 2.14 bits per heavy atom. The number of halogens is 1. The van der Waals surface area contributed by atoms with Crippen LogP contribution in [0.4, 0.5) is 0 Å². The van der Waals surface area contributed by atoms with Crippen LogP contribution >= 0.6 is 15.9 Å². The van der Waals surface area contributed by atoms with Crippen LogP contribution in [0.2, 0.25) is 0 Å². The van der Waals surface area contributed by atoms with Crippen molar-refractivity contribution in [2.45, 2.75) is 26.0 Å². The van der Waals surface area contributed by atoms with Crippen molar-refractivity contribution in [3.63, 3.8) is 0 Å². The fourth-order valence-electron chi connectivity index (χ4n) is 1.24. The van der Waals surface area contributed by atoms with Gasteiger partial charge in [-0.2, -0.15) is 0 Å². The molecule has 1 aromatic carbocycles. The van der Waals surface area contributed by atoms with Crippen LogP contribution in [0.25, 0.3) is 0 Å². The second kappa shape index (κ2) is 5.49. The zero-order valence-corrected chi connectivity index (χ0v) is 10.1. The summed E-state index contributed by atoms with van der Waals surface area (Å²) in [5.74, 6) is 0. The number of benzene rings is 1. The van der Waals surface area contributed by atoms with E-state index in [1.165, 1.54) is 5.56 Å². The summed E-state index contributed by atoms with van der Waals surface area (Å²) >= 11 is 3.43. The molecule has 2 atom stereocenters. The Morgan fingerprint density at radius 1 is 1.43 bits per heavy atom. The largest absolute Gasteiger partial charge is 0.392 e. The number of aliphatic hydroxyl groups excluding tert-OH is 1. The minimum Gasteiger partial charge on any atom is -0.392 e. The lowest BCUT2D eigenvalue weighted by Gasteiger charge is -2.15. The molecule has 2 N–H and O–H groups in total. The summed E-state index contributed by atoms with van der Waals surface area (Å²) in [4.78, 5) is 0. The number of nitrogens with one attached hydrogen (secondary N) is 1. The van der Waals surface area contributed by atoms with Gasteiger partial charge >= 0.3 is 0 Å². The van der Waals surface area contributed by atoms with Gasteiger partial charge in [-0.1, -0.05) is 28.1 Å². The highest BCUT2D eigenvalue weighted by Crippen LogP contribution is 2.17. The average molecular weight is 258 g/mol. The summed E-state index contributed by atoms with van der Waals surface area (Å²) in [5, 5.41) is 12.4. The third kappa shape index (κ3) is 3.78. The van der Waals surface area contributed by atoms with Crippen molar-refractivity contribution < 1.29 is 5.11 Å². The first-order valence-corrected chi connectivity index (χ1v) is 5.56. The molecular formula is C11H16BrNO. The predicted molar refractivity (Wildman–Crippen MR) is 62.2 cm³/mol. The summed E-state index contributed by atoms with van der Waals surface area (Å²) in [6, 6.07) is 8.44.